The van der Waals surface area contributed by atoms with Gasteiger partial charge in [-0.15, -0.1) is 22.7 Å². The molecule has 1 N–H and O–H groups in total. The second-order valence-corrected chi connectivity index (χ2v) is 9.23. The molecule has 0 aliphatic heterocycles. The Bertz CT molecular complexity index is 669. The summed E-state index contributed by atoms with van der Waals surface area (Å²) in [5.74, 6) is 0. The summed E-state index contributed by atoms with van der Waals surface area (Å²) in [6.45, 7) is 5.55. The van der Waals surface area contributed by atoms with Gasteiger partial charge in [-0.1, -0.05) is 0 Å². The van der Waals surface area contributed by atoms with Gasteiger partial charge in [0.25, 0.3) is 10.0 Å². The van der Waals surface area contributed by atoms with E-state index < -0.39 is 10.0 Å². The molecule has 2 rings (SSSR count). The van der Waals surface area contributed by atoms with E-state index in [1.54, 1.807) is 13.0 Å². The molecule has 2 aromatic heterocycles. The Morgan fingerprint density at radius 3 is 2.33 bits per heavy atom. The molecule has 0 atom stereocenters. The van der Waals surface area contributed by atoms with Gasteiger partial charge in [-0.2, -0.15) is 0 Å². The third-order valence-electron chi connectivity index (χ3n) is 2.38. The van der Waals surface area contributed by atoms with Crippen molar-refractivity contribution in [2.75, 3.05) is 4.72 Å². The molecular formula is C10H11BrN2O2S3. The van der Waals surface area contributed by atoms with Crippen molar-refractivity contribution in [1.82, 2.24) is 4.98 Å². The van der Waals surface area contributed by atoms with Crippen LogP contribution in [0.5, 0.6) is 0 Å². The van der Waals surface area contributed by atoms with Crippen molar-refractivity contribution in [3.05, 3.63) is 25.3 Å². The number of thiophene rings is 1. The van der Waals surface area contributed by atoms with Gasteiger partial charge in [0.15, 0.2) is 5.13 Å². The third-order valence-corrected chi connectivity index (χ3v) is 6.65. The van der Waals surface area contributed by atoms with Crippen LogP contribution < -0.4 is 4.72 Å². The maximum atomic E-state index is 12.2. The summed E-state index contributed by atoms with van der Waals surface area (Å²) in [4.78, 5) is 6.23. The largest absolute Gasteiger partial charge is 0.264 e. The zero-order chi connectivity index (χ0) is 13.5. The first-order valence-corrected chi connectivity index (χ1v) is 8.93. The van der Waals surface area contributed by atoms with Gasteiger partial charge in [0.05, 0.1) is 9.48 Å². The first-order chi connectivity index (χ1) is 8.29. The highest BCUT2D eigenvalue weighted by molar-refractivity contribution is 9.11. The summed E-state index contributed by atoms with van der Waals surface area (Å²) in [7, 11) is -3.55. The number of hydrogen-bond acceptors (Lipinski definition) is 5. The maximum Gasteiger partial charge on any atom is 0.264 e. The van der Waals surface area contributed by atoms with E-state index in [0.717, 1.165) is 19.2 Å². The van der Waals surface area contributed by atoms with E-state index in [2.05, 4.69) is 25.6 Å². The van der Waals surface area contributed by atoms with Crippen LogP contribution in [-0.2, 0) is 10.0 Å². The topological polar surface area (TPSA) is 59.1 Å². The molecule has 0 aliphatic carbocycles. The molecule has 2 heterocycles. The number of aromatic nitrogens is 1. The fraction of sp³-hybridized carbons (Fsp3) is 0.300. The van der Waals surface area contributed by atoms with Gasteiger partial charge in [0.1, 0.15) is 4.90 Å². The molecule has 0 spiro atoms. The van der Waals surface area contributed by atoms with Crippen molar-refractivity contribution in [2.24, 2.45) is 0 Å². The lowest BCUT2D eigenvalue weighted by molar-refractivity contribution is 0.601. The normalized spacial score (nSPS) is 11.8. The minimum atomic E-state index is -3.55. The summed E-state index contributed by atoms with van der Waals surface area (Å²) in [5.41, 5.74) is 0.848. The van der Waals surface area contributed by atoms with Crippen molar-refractivity contribution < 1.29 is 8.42 Å². The van der Waals surface area contributed by atoms with Crippen molar-refractivity contribution in [2.45, 2.75) is 25.7 Å². The van der Waals surface area contributed by atoms with Crippen LogP contribution in [0.3, 0.4) is 0 Å². The Hall–Kier alpha value is -0.440. The summed E-state index contributed by atoms with van der Waals surface area (Å²) in [6, 6.07) is 1.61. The number of rotatable bonds is 3. The highest BCUT2D eigenvalue weighted by atomic mass is 79.9. The second kappa shape index (κ2) is 4.92. The number of halogens is 1. The lowest BCUT2D eigenvalue weighted by atomic mass is 10.4. The van der Waals surface area contributed by atoms with E-state index in [-0.39, 0.29) is 0 Å². The molecule has 0 fully saturated rings. The third kappa shape index (κ3) is 2.76. The van der Waals surface area contributed by atoms with E-state index in [0.29, 0.717) is 10.0 Å². The van der Waals surface area contributed by atoms with Crippen LogP contribution in [0, 0.1) is 20.8 Å². The van der Waals surface area contributed by atoms with Gasteiger partial charge < -0.3 is 0 Å². The van der Waals surface area contributed by atoms with E-state index in [9.17, 15) is 8.42 Å². The van der Waals surface area contributed by atoms with E-state index in [1.807, 2.05) is 13.8 Å². The SMILES string of the molecule is Cc1nc(NS(=O)(=O)c2cc(Br)sc2C)sc1C. The zero-order valence-corrected chi connectivity index (χ0v) is 14.0. The van der Waals surface area contributed by atoms with Crippen LogP contribution in [0.15, 0.2) is 14.7 Å². The first kappa shape index (κ1) is 14.0. The molecule has 0 bridgehead atoms. The van der Waals surface area contributed by atoms with Gasteiger partial charge in [-0.3, -0.25) is 4.72 Å². The van der Waals surface area contributed by atoms with Crippen LogP contribution >= 0.6 is 38.6 Å². The minimum Gasteiger partial charge on any atom is -0.255 e. The molecular weight excluding hydrogens is 356 g/mol. The van der Waals surface area contributed by atoms with Crippen molar-refractivity contribution >= 4 is 53.8 Å². The molecule has 18 heavy (non-hydrogen) atoms. The van der Waals surface area contributed by atoms with Crippen LogP contribution in [-0.4, -0.2) is 13.4 Å². The second-order valence-electron chi connectivity index (χ2n) is 3.74. The van der Waals surface area contributed by atoms with Crippen LogP contribution in [0.2, 0.25) is 0 Å². The molecule has 0 amide bonds. The number of sulfonamides is 1. The number of nitrogens with zero attached hydrogens (tertiary/aromatic N) is 1. The molecule has 8 heteroatoms. The van der Waals surface area contributed by atoms with Gasteiger partial charge in [0.2, 0.25) is 0 Å². The van der Waals surface area contributed by atoms with E-state index in [4.69, 9.17) is 0 Å². The Morgan fingerprint density at radius 1 is 1.22 bits per heavy atom. The molecule has 2 aromatic rings. The van der Waals surface area contributed by atoms with Gasteiger partial charge >= 0.3 is 0 Å². The Balaban J connectivity index is 2.35. The van der Waals surface area contributed by atoms with Crippen molar-refractivity contribution in [3.8, 4) is 0 Å². The molecule has 0 aromatic carbocycles. The standard InChI is InChI=1S/C10H11BrN2O2S3/c1-5-6(2)17-10(12-5)13-18(14,15)8-4-9(11)16-7(8)3/h4H,1-3H3,(H,12,13). The Labute approximate surface area is 122 Å². The minimum absolute atomic E-state index is 0.296. The zero-order valence-electron chi connectivity index (χ0n) is 9.94. The fourth-order valence-electron chi connectivity index (χ4n) is 1.38. The van der Waals surface area contributed by atoms with Crippen LogP contribution in [0.4, 0.5) is 5.13 Å². The molecule has 0 aliphatic rings. The number of anilines is 1. The van der Waals surface area contributed by atoms with E-state index >= 15 is 0 Å². The average molecular weight is 367 g/mol. The van der Waals surface area contributed by atoms with Crippen LogP contribution in [0.25, 0.3) is 0 Å². The number of nitrogens with one attached hydrogen (secondary N) is 1. The summed E-state index contributed by atoms with van der Waals surface area (Å²) >= 11 is 6.02. The molecule has 0 saturated heterocycles. The summed E-state index contributed by atoms with van der Waals surface area (Å²) in [6.07, 6.45) is 0. The Kier molecular flexibility index (Phi) is 3.82. The van der Waals surface area contributed by atoms with Crippen molar-refractivity contribution in [1.29, 1.82) is 0 Å². The fourth-order valence-corrected chi connectivity index (χ4v) is 5.85. The molecule has 0 radical (unpaired) electrons. The lowest BCUT2D eigenvalue weighted by Gasteiger charge is -2.03. The molecule has 0 unspecified atom stereocenters. The number of aryl methyl sites for hydroxylation is 3. The van der Waals surface area contributed by atoms with Crippen LogP contribution in [0.1, 0.15) is 15.4 Å². The lowest BCUT2D eigenvalue weighted by Crippen LogP contribution is -2.12. The molecule has 4 nitrogen and oxygen atoms in total. The Morgan fingerprint density at radius 2 is 1.89 bits per heavy atom. The van der Waals surface area contributed by atoms with Gasteiger partial charge in [0, 0.05) is 9.75 Å². The van der Waals surface area contributed by atoms with Gasteiger partial charge in [-0.25, -0.2) is 13.4 Å². The summed E-state index contributed by atoms with van der Waals surface area (Å²) in [5, 5.41) is 0.409. The monoisotopic (exact) mass is 366 g/mol. The highest BCUT2D eigenvalue weighted by Crippen LogP contribution is 2.31. The quantitative estimate of drug-likeness (QED) is 0.900. The smallest absolute Gasteiger partial charge is 0.255 e. The predicted molar refractivity (Wildman–Crippen MR) is 79.2 cm³/mol. The van der Waals surface area contributed by atoms with Crippen molar-refractivity contribution in [3.63, 3.8) is 0 Å². The molecule has 0 saturated carbocycles. The van der Waals surface area contributed by atoms with Gasteiger partial charge in [-0.05, 0) is 42.8 Å². The number of hydrogen-bond donors (Lipinski definition) is 1. The average Bonchev–Trinajstić information content (AvgIpc) is 2.70. The first-order valence-electron chi connectivity index (χ1n) is 5.02. The number of thiazole rings is 1. The predicted octanol–water partition coefficient (Wildman–Crippen LogP) is 3.69. The van der Waals surface area contributed by atoms with E-state index in [1.165, 1.54) is 22.7 Å². The highest BCUT2D eigenvalue weighted by Gasteiger charge is 2.21. The molecule has 98 valence electrons. The summed E-state index contributed by atoms with van der Waals surface area (Å²) < 4.78 is 27.7. The maximum absolute atomic E-state index is 12.2.